The number of amides is 1. The number of alkyl carbamates (subject to hydrolysis) is 1. The molecule has 24 heavy (non-hydrogen) atoms. The van der Waals surface area contributed by atoms with Gasteiger partial charge in [-0.25, -0.2) is 4.79 Å². The predicted octanol–water partition coefficient (Wildman–Crippen LogP) is 3.47. The first kappa shape index (κ1) is 19.5. The second-order valence-electron chi connectivity index (χ2n) is 9.33. The molecule has 2 saturated carbocycles. The van der Waals surface area contributed by atoms with Gasteiger partial charge in [-0.05, 0) is 58.3 Å². The number of ether oxygens (including phenoxy) is 2. The third-order valence-corrected chi connectivity index (χ3v) is 5.14. The van der Waals surface area contributed by atoms with Gasteiger partial charge in [-0.3, -0.25) is 0 Å². The summed E-state index contributed by atoms with van der Waals surface area (Å²) in [5.41, 5.74) is -0.0872. The number of rotatable bonds is 5. The normalized spacial score (nSPS) is 35.4. The second-order valence-corrected chi connectivity index (χ2v) is 9.33. The van der Waals surface area contributed by atoms with Gasteiger partial charge in [-0.1, -0.05) is 20.8 Å². The van der Waals surface area contributed by atoms with Gasteiger partial charge in [-0.2, -0.15) is 0 Å². The average molecular weight is 341 g/mol. The maximum Gasteiger partial charge on any atom is 0.407 e. The zero-order valence-corrected chi connectivity index (χ0v) is 16.4. The standard InChI is InChI=1S/C19H36N2O3/c1-8-23-15-9-13(21-17(22)24-18(3,4)5)16(15)20-14-11-19(6,7)10-12(14)2/h12-16,20H,8-11H2,1-7H3,(H,21,22). The predicted molar refractivity (Wildman–Crippen MR) is 96.1 cm³/mol. The first-order chi connectivity index (χ1) is 11.0. The van der Waals surface area contributed by atoms with Gasteiger partial charge in [0.05, 0.1) is 18.2 Å². The van der Waals surface area contributed by atoms with Crippen molar-refractivity contribution in [2.75, 3.05) is 6.61 Å². The quantitative estimate of drug-likeness (QED) is 0.804. The lowest BCUT2D eigenvalue weighted by atomic mass is 9.81. The van der Waals surface area contributed by atoms with Gasteiger partial charge in [0.1, 0.15) is 5.60 Å². The number of nitrogens with one attached hydrogen (secondary N) is 2. The van der Waals surface area contributed by atoms with Crippen molar-refractivity contribution in [3.8, 4) is 0 Å². The molecule has 2 aliphatic carbocycles. The first-order valence-corrected chi connectivity index (χ1v) is 9.38. The third-order valence-electron chi connectivity index (χ3n) is 5.14. The Labute approximate surface area is 147 Å². The van der Waals surface area contributed by atoms with E-state index in [4.69, 9.17) is 9.47 Å². The smallest absolute Gasteiger partial charge is 0.407 e. The molecule has 0 radical (unpaired) electrons. The van der Waals surface area contributed by atoms with Crippen molar-refractivity contribution in [3.63, 3.8) is 0 Å². The Kier molecular flexibility index (Phi) is 5.86. The molecule has 0 aromatic rings. The molecule has 2 N–H and O–H groups in total. The highest BCUT2D eigenvalue weighted by molar-refractivity contribution is 5.68. The van der Waals surface area contributed by atoms with Crippen LogP contribution in [0.25, 0.3) is 0 Å². The minimum Gasteiger partial charge on any atom is -0.444 e. The van der Waals surface area contributed by atoms with Crippen LogP contribution in [0.5, 0.6) is 0 Å². The van der Waals surface area contributed by atoms with E-state index in [0.29, 0.717) is 24.0 Å². The van der Waals surface area contributed by atoms with E-state index in [9.17, 15) is 4.79 Å². The van der Waals surface area contributed by atoms with Gasteiger partial charge in [-0.15, -0.1) is 0 Å². The molecule has 0 aliphatic heterocycles. The lowest BCUT2D eigenvalue weighted by Gasteiger charge is -2.46. The lowest BCUT2D eigenvalue weighted by Crippen LogP contribution is -2.68. The van der Waals surface area contributed by atoms with Crippen LogP contribution in [0.3, 0.4) is 0 Å². The van der Waals surface area contributed by atoms with Gasteiger partial charge in [0.15, 0.2) is 0 Å². The Balaban J connectivity index is 1.94. The summed E-state index contributed by atoms with van der Waals surface area (Å²) in [7, 11) is 0. The lowest BCUT2D eigenvalue weighted by molar-refractivity contribution is -0.0478. The highest BCUT2D eigenvalue weighted by Crippen LogP contribution is 2.42. The van der Waals surface area contributed by atoms with Crippen LogP contribution in [0.4, 0.5) is 4.79 Å². The van der Waals surface area contributed by atoms with Gasteiger partial charge in [0, 0.05) is 12.6 Å². The fourth-order valence-electron chi connectivity index (χ4n) is 4.19. The molecule has 0 spiro atoms. The van der Waals surface area contributed by atoms with Crippen LogP contribution in [-0.4, -0.2) is 42.5 Å². The molecule has 5 nitrogen and oxygen atoms in total. The highest BCUT2D eigenvalue weighted by atomic mass is 16.6. The van der Waals surface area contributed by atoms with Crippen LogP contribution in [-0.2, 0) is 9.47 Å². The largest absolute Gasteiger partial charge is 0.444 e. The Morgan fingerprint density at radius 3 is 2.38 bits per heavy atom. The molecule has 0 bridgehead atoms. The van der Waals surface area contributed by atoms with E-state index in [2.05, 4.69) is 31.4 Å². The van der Waals surface area contributed by atoms with Crippen molar-refractivity contribution in [3.05, 3.63) is 0 Å². The van der Waals surface area contributed by atoms with Gasteiger partial charge < -0.3 is 20.1 Å². The Morgan fingerprint density at radius 2 is 1.88 bits per heavy atom. The van der Waals surface area contributed by atoms with E-state index in [1.807, 2.05) is 27.7 Å². The van der Waals surface area contributed by atoms with E-state index in [1.165, 1.54) is 12.8 Å². The molecule has 2 rings (SSSR count). The minimum absolute atomic E-state index is 0.0762. The van der Waals surface area contributed by atoms with Crippen LogP contribution >= 0.6 is 0 Å². The summed E-state index contributed by atoms with van der Waals surface area (Å²) in [6, 6.07) is 0.724. The van der Waals surface area contributed by atoms with Crippen LogP contribution < -0.4 is 10.6 Å². The Bertz CT molecular complexity index is 444. The molecule has 0 aromatic carbocycles. The fourth-order valence-corrected chi connectivity index (χ4v) is 4.19. The summed E-state index contributed by atoms with van der Waals surface area (Å²) in [5.74, 6) is 0.644. The van der Waals surface area contributed by atoms with Crippen LogP contribution in [0, 0.1) is 11.3 Å². The minimum atomic E-state index is -0.472. The summed E-state index contributed by atoms with van der Waals surface area (Å²) in [6.07, 6.45) is 3.08. The molecule has 5 heteroatoms. The van der Waals surface area contributed by atoms with E-state index in [-0.39, 0.29) is 24.3 Å². The number of carbonyl (C=O) groups excluding carboxylic acids is 1. The topological polar surface area (TPSA) is 59.6 Å². The molecule has 2 aliphatic rings. The SMILES string of the molecule is CCOC1CC(NC(=O)OC(C)(C)C)C1NC1CC(C)(C)CC1C. The summed E-state index contributed by atoms with van der Waals surface area (Å²) in [6.45, 7) is 15.4. The molecular weight excluding hydrogens is 304 g/mol. The monoisotopic (exact) mass is 340 g/mol. The highest BCUT2D eigenvalue weighted by Gasteiger charge is 2.46. The van der Waals surface area contributed by atoms with E-state index >= 15 is 0 Å². The molecule has 0 heterocycles. The summed E-state index contributed by atoms with van der Waals surface area (Å²) in [4.78, 5) is 12.1. The summed E-state index contributed by atoms with van der Waals surface area (Å²) >= 11 is 0. The molecule has 2 fully saturated rings. The molecule has 5 atom stereocenters. The van der Waals surface area contributed by atoms with Gasteiger partial charge in [0.2, 0.25) is 0 Å². The third kappa shape index (κ3) is 5.09. The van der Waals surface area contributed by atoms with Crippen molar-refractivity contribution in [2.24, 2.45) is 11.3 Å². The zero-order valence-electron chi connectivity index (χ0n) is 16.4. The first-order valence-electron chi connectivity index (χ1n) is 9.38. The van der Waals surface area contributed by atoms with E-state index < -0.39 is 5.60 Å². The number of hydrogen-bond acceptors (Lipinski definition) is 4. The summed E-state index contributed by atoms with van der Waals surface area (Å²) < 4.78 is 11.2. The Morgan fingerprint density at radius 1 is 1.21 bits per heavy atom. The number of carbonyl (C=O) groups is 1. The number of hydrogen-bond donors (Lipinski definition) is 2. The van der Waals surface area contributed by atoms with Gasteiger partial charge >= 0.3 is 6.09 Å². The van der Waals surface area contributed by atoms with Crippen molar-refractivity contribution in [1.82, 2.24) is 10.6 Å². The molecule has 5 unspecified atom stereocenters. The van der Waals surface area contributed by atoms with Crippen molar-refractivity contribution < 1.29 is 14.3 Å². The molecule has 0 aromatic heterocycles. The molecule has 140 valence electrons. The van der Waals surface area contributed by atoms with E-state index in [1.54, 1.807) is 0 Å². The molecule has 1 amide bonds. The fraction of sp³-hybridized carbons (Fsp3) is 0.947. The van der Waals surface area contributed by atoms with Crippen molar-refractivity contribution >= 4 is 6.09 Å². The van der Waals surface area contributed by atoms with Crippen LogP contribution in [0.15, 0.2) is 0 Å². The Hall–Kier alpha value is -0.810. The molecule has 0 saturated heterocycles. The van der Waals surface area contributed by atoms with E-state index in [0.717, 1.165) is 6.42 Å². The van der Waals surface area contributed by atoms with Crippen LogP contribution in [0.2, 0.25) is 0 Å². The van der Waals surface area contributed by atoms with Crippen molar-refractivity contribution in [1.29, 1.82) is 0 Å². The van der Waals surface area contributed by atoms with Crippen LogP contribution in [0.1, 0.15) is 67.7 Å². The average Bonchev–Trinajstić information content (AvgIpc) is 2.65. The zero-order chi connectivity index (χ0) is 18.1. The summed E-state index contributed by atoms with van der Waals surface area (Å²) in [5, 5.41) is 6.80. The maximum absolute atomic E-state index is 12.1. The van der Waals surface area contributed by atoms with Crippen molar-refractivity contribution in [2.45, 2.75) is 97.6 Å². The second kappa shape index (κ2) is 7.20. The molecular formula is C19H36N2O3. The maximum atomic E-state index is 12.1. The van der Waals surface area contributed by atoms with Gasteiger partial charge in [0.25, 0.3) is 0 Å².